The maximum atomic E-state index is 13.0. The minimum absolute atomic E-state index is 0.0598. The van der Waals surface area contributed by atoms with Crippen molar-refractivity contribution in [2.45, 2.75) is 150 Å². The van der Waals surface area contributed by atoms with Gasteiger partial charge in [0.15, 0.2) is 5.79 Å². The van der Waals surface area contributed by atoms with E-state index in [2.05, 4.69) is 41.5 Å². The second-order valence-electron chi connectivity index (χ2n) is 16.2. The van der Waals surface area contributed by atoms with Gasteiger partial charge in [-0.15, -0.1) is 0 Å². The average Bonchev–Trinajstić information content (AvgIpc) is 3.30. The average molecular weight is 547 g/mol. The highest BCUT2D eigenvalue weighted by molar-refractivity contribution is 5.85. The minimum atomic E-state index is -1.02. The van der Waals surface area contributed by atoms with E-state index >= 15 is 0 Å². The van der Waals surface area contributed by atoms with Crippen LogP contribution in [0.4, 0.5) is 0 Å². The second kappa shape index (κ2) is 8.86. The predicted molar refractivity (Wildman–Crippen MR) is 151 cm³/mol. The highest BCUT2D eigenvalue weighted by Crippen LogP contribution is 2.74. The Balaban J connectivity index is 1.50. The molecule has 0 aromatic heterocycles. The van der Waals surface area contributed by atoms with E-state index in [-0.39, 0.29) is 34.7 Å². The summed E-state index contributed by atoms with van der Waals surface area (Å²) >= 11 is 0. The zero-order valence-corrected chi connectivity index (χ0v) is 26.1. The van der Waals surface area contributed by atoms with E-state index in [9.17, 15) is 20.1 Å². The first-order chi connectivity index (χ1) is 17.7. The van der Waals surface area contributed by atoms with Crippen LogP contribution in [-0.4, -0.2) is 56.9 Å². The van der Waals surface area contributed by atoms with Gasteiger partial charge in [0, 0.05) is 17.3 Å². The largest absolute Gasteiger partial charge is 0.393 e. The lowest BCUT2D eigenvalue weighted by Gasteiger charge is -2.70. The van der Waals surface area contributed by atoms with Gasteiger partial charge in [0.05, 0.1) is 23.9 Å². The summed E-state index contributed by atoms with van der Waals surface area (Å²) in [4.78, 5) is 13.0. The number of carbonyl (C=O) groups is 1. The quantitative estimate of drug-likeness (QED) is 0.400. The Morgan fingerprint density at radius 1 is 1.00 bits per heavy atom. The van der Waals surface area contributed by atoms with Crippen LogP contribution in [0.15, 0.2) is 11.1 Å². The number of aliphatic hydroxyl groups excluding tert-OH is 2. The number of fused-ring (bicyclic) bond motifs is 5. The monoisotopic (exact) mass is 546 g/mol. The third-order valence-corrected chi connectivity index (χ3v) is 12.8. The van der Waals surface area contributed by atoms with Crippen molar-refractivity contribution in [1.29, 1.82) is 0 Å². The van der Waals surface area contributed by atoms with Gasteiger partial charge in [-0.3, -0.25) is 4.79 Å². The molecule has 222 valence electrons. The molecule has 6 nitrogen and oxygen atoms in total. The van der Waals surface area contributed by atoms with E-state index < -0.39 is 40.5 Å². The molecule has 0 aromatic rings. The van der Waals surface area contributed by atoms with E-state index in [0.717, 1.165) is 25.7 Å². The molecule has 5 rings (SSSR count). The molecule has 4 aliphatic carbocycles. The van der Waals surface area contributed by atoms with Crippen LogP contribution in [0.5, 0.6) is 0 Å². The summed E-state index contributed by atoms with van der Waals surface area (Å²) in [6, 6.07) is 0. The van der Waals surface area contributed by atoms with Gasteiger partial charge in [-0.25, -0.2) is 0 Å². The van der Waals surface area contributed by atoms with Crippen LogP contribution in [-0.2, 0) is 14.3 Å². The number of ketones is 1. The van der Waals surface area contributed by atoms with E-state index in [1.807, 2.05) is 13.8 Å². The molecule has 39 heavy (non-hydrogen) atoms. The van der Waals surface area contributed by atoms with E-state index in [1.165, 1.54) is 11.1 Å². The maximum absolute atomic E-state index is 13.0. The smallest absolute Gasteiger partial charge is 0.163 e. The van der Waals surface area contributed by atoms with Crippen LogP contribution in [0.25, 0.3) is 0 Å². The van der Waals surface area contributed by atoms with Crippen molar-refractivity contribution < 1.29 is 29.6 Å². The summed E-state index contributed by atoms with van der Waals surface area (Å²) < 4.78 is 12.4. The Morgan fingerprint density at radius 3 is 2.26 bits per heavy atom. The van der Waals surface area contributed by atoms with Gasteiger partial charge in [0.1, 0.15) is 11.9 Å². The number of Topliss-reactive ketones (excluding diaryl/α,β-unsaturated/α-hetero) is 1. The van der Waals surface area contributed by atoms with Crippen LogP contribution >= 0.6 is 0 Å². The van der Waals surface area contributed by atoms with Crippen molar-refractivity contribution >= 4 is 5.78 Å². The van der Waals surface area contributed by atoms with Gasteiger partial charge in [-0.05, 0) is 94.8 Å². The van der Waals surface area contributed by atoms with Crippen LogP contribution < -0.4 is 0 Å². The summed E-state index contributed by atoms with van der Waals surface area (Å²) in [6.07, 6.45) is 3.45. The number of allylic oxidation sites excluding steroid dienone is 1. The fraction of sp³-hybridized carbons (Fsp3) is 0.909. The topological polar surface area (TPSA) is 96.2 Å². The van der Waals surface area contributed by atoms with Gasteiger partial charge in [0.2, 0.25) is 0 Å². The summed E-state index contributed by atoms with van der Waals surface area (Å²) in [5.41, 5.74) is 0.304. The van der Waals surface area contributed by atoms with Crippen molar-refractivity contribution in [3.05, 3.63) is 11.1 Å². The molecule has 0 radical (unpaired) electrons. The molecule has 3 N–H and O–H groups in total. The number of hydrogen-bond donors (Lipinski definition) is 3. The highest BCUT2D eigenvalue weighted by atomic mass is 16.8. The standard InChI is InChI=1S/C33H54O6/c1-18(15-22-27(29(4,5)37)39-30(6,7)38-22)19-11-14-32(9)20(19)16-21(34)26-31(8)13-12-24(35)28(2,3)23(31)17-25(36)33(26,32)10/h18,21-23,25-27,34,36-37H,11-17H2,1-10H3/t18-,21+,22+,23+,25-,26+,27-,31+,32+,33+/m1/s1. The zero-order chi connectivity index (χ0) is 29.1. The molecule has 10 atom stereocenters. The Morgan fingerprint density at radius 2 is 1.64 bits per heavy atom. The normalized spacial score (nSPS) is 48.0. The van der Waals surface area contributed by atoms with Gasteiger partial charge in [0.25, 0.3) is 0 Å². The molecule has 0 amide bonds. The lowest BCUT2D eigenvalue weighted by Crippen LogP contribution is -2.70. The van der Waals surface area contributed by atoms with Crippen LogP contribution in [0.3, 0.4) is 0 Å². The lowest BCUT2D eigenvalue weighted by molar-refractivity contribution is -0.248. The molecule has 1 aliphatic heterocycles. The third-order valence-electron chi connectivity index (χ3n) is 12.8. The Kier molecular flexibility index (Phi) is 6.75. The third kappa shape index (κ3) is 4.09. The number of hydrogen-bond acceptors (Lipinski definition) is 6. The number of carbonyl (C=O) groups excluding carboxylic acids is 1. The first-order valence-corrected chi connectivity index (χ1v) is 15.4. The Bertz CT molecular complexity index is 1050. The molecule has 1 heterocycles. The van der Waals surface area contributed by atoms with Crippen LogP contribution in [0.2, 0.25) is 0 Å². The minimum Gasteiger partial charge on any atom is -0.393 e. The summed E-state index contributed by atoms with van der Waals surface area (Å²) in [6.45, 7) is 20.6. The fourth-order valence-electron chi connectivity index (χ4n) is 10.7. The Hall–Kier alpha value is -0.790. The van der Waals surface area contributed by atoms with Gasteiger partial charge in [-0.2, -0.15) is 0 Å². The molecule has 0 aromatic carbocycles. The predicted octanol–water partition coefficient (Wildman–Crippen LogP) is 5.56. The zero-order valence-electron chi connectivity index (χ0n) is 26.1. The first-order valence-electron chi connectivity index (χ1n) is 15.4. The number of aliphatic hydroxyl groups is 3. The molecule has 0 bridgehead atoms. The molecular formula is C33H54O6. The van der Waals surface area contributed by atoms with Gasteiger partial charge < -0.3 is 24.8 Å². The van der Waals surface area contributed by atoms with Crippen molar-refractivity contribution in [3.8, 4) is 0 Å². The maximum Gasteiger partial charge on any atom is 0.163 e. The number of rotatable bonds is 4. The lowest BCUT2D eigenvalue weighted by atomic mass is 9.35. The van der Waals surface area contributed by atoms with Crippen molar-refractivity contribution in [2.75, 3.05) is 0 Å². The highest BCUT2D eigenvalue weighted by Gasteiger charge is 2.72. The van der Waals surface area contributed by atoms with E-state index in [4.69, 9.17) is 9.47 Å². The molecule has 0 unspecified atom stereocenters. The summed E-state index contributed by atoms with van der Waals surface area (Å²) in [5, 5.41) is 34.8. The fourth-order valence-corrected chi connectivity index (χ4v) is 10.7. The van der Waals surface area contributed by atoms with Crippen molar-refractivity contribution in [1.82, 2.24) is 0 Å². The van der Waals surface area contributed by atoms with Gasteiger partial charge >= 0.3 is 0 Å². The van der Waals surface area contributed by atoms with E-state index in [0.29, 0.717) is 25.0 Å². The van der Waals surface area contributed by atoms with Crippen molar-refractivity contribution in [3.63, 3.8) is 0 Å². The first kappa shape index (κ1) is 29.7. The molecule has 5 aliphatic rings. The molecule has 1 saturated heterocycles. The van der Waals surface area contributed by atoms with E-state index in [1.54, 1.807) is 13.8 Å². The van der Waals surface area contributed by atoms with Crippen LogP contribution in [0.1, 0.15) is 114 Å². The SMILES string of the molecule is C[C@H](C[C@@H]1OC(C)(C)O[C@H]1C(C)(C)O)C1=C2C[C@H](O)[C@H]3[C@@]4(C)CCC(=O)C(C)(C)[C@@H]4C[C@@H](O)[C@]3(C)[C@@]2(C)CC1. The molecular weight excluding hydrogens is 492 g/mol. The molecule has 3 saturated carbocycles. The number of ether oxygens (including phenoxy) is 2. The molecule has 4 fully saturated rings. The molecule has 0 spiro atoms. The molecule has 6 heteroatoms. The summed E-state index contributed by atoms with van der Waals surface area (Å²) in [7, 11) is 0. The summed E-state index contributed by atoms with van der Waals surface area (Å²) in [5.74, 6) is -0.255. The van der Waals surface area contributed by atoms with Crippen molar-refractivity contribution in [2.24, 2.45) is 39.4 Å². The Labute approximate surface area is 235 Å². The van der Waals surface area contributed by atoms with Gasteiger partial charge in [-0.1, -0.05) is 52.7 Å². The second-order valence-corrected chi connectivity index (χ2v) is 16.2. The van der Waals surface area contributed by atoms with Crippen LogP contribution in [0, 0.1) is 39.4 Å².